The van der Waals surface area contributed by atoms with Gasteiger partial charge in [-0.2, -0.15) is 10.5 Å². The molecule has 0 spiro atoms. The van der Waals surface area contributed by atoms with Gasteiger partial charge in [-0.05, 0) is 27.7 Å². The molecule has 2 aliphatic heterocycles. The molecular formula is C32H46N2O6S4. The van der Waals surface area contributed by atoms with Gasteiger partial charge in [0, 0.05) is 10.8 Å². The molecule has 44 heavy (non-hydrogen) atoms. The van der Waals surface area contributed by atoms with Crippen LogP contribution in [0.25, 0.3) is 0 Å². The molecule has 3 fully saturated rings. The SMILES string of the molecule is CC(C)OCCOC1C2SC(=C(C#N)C(=O)C(C)(C)C)SC2C(OCCOC(C)C)C2SC(=C(C#N)C(=O)C(C)(C)C)SC12. The van der Waals surface area contributed by atoms with E-state index < -0.39 is 10.8 Å². The molecule has 0 aromatic heterocycles. The second-order valence-electron chi connectivity index (χ2n) is 13.5. The van der Waals surface area contributed by atoms with Gasteiger partial charge in [0.1, 0.15) is 23.3 Å². The number of fused-ring (bicyclic) bond motifs is 2. The summed E-state index contributed by atoms with van der Waals surface area (Å²) in [4.78, 5) is 26.6. The number of ether oxygens (including phenoxy) is 4. The summed E-state index contributed by atoms with van der Waals surface area (Å²) in [5, 5.41) is 19.7. The Bertz CT molecular complexity index is 1100. The van der Waals surface area contributed by atoms with Crippen molar-refractivity contribution in [3.8, 4) is 12.1 Å². The van der Waals surface area contributed by atoms with Crippen LogP contribution in [0.4, 0.5) is 0 Å². The zero-order valence-corrected chi connectivity index (χ0v) is 30.7. The predicted octanol–water partition coefficient (Wildman–Crippen LogP) is 6.76. The van der Waals surface area contributed by atoms with E-state index in [0.717, 1.165) is 0 Å². The normalized spacial score (nSPS) is 26.8. The van der Waals surface area contributed by atoms with Gasteiger partial charge in [-0.3, -0.25) is 9.59 Å². The van der Waals surface area contributed by atoms with Gasteiger partial charge in [0.15, 0.2) is 11.6 Å². The Balaban J connectivity index is 2.07. The molecule has 244 valence electrons. The molecule has 3 rings (SSSR count). The van der Waals surface area contributed by atoms with Crippen molar-refractivity contribution < 1.29 is 28.5 Å². The van der Waals surface area contributed by atoms with Gasteiger partial charge in [0.25, 0.3) is 0 Å². The van der Waals surface area contributed by atoms with Crippen LogP contribution in [-0.2, 0) is 28.5 Å². The minimum atomic E-state index is -0.698. The number of allylic oxidation sites excluding steroid dienone is 2. The van der Waals surface area contributed by atoms with E-state index >= 15 is 0 Å². The molecule has 12 heteroatoms. The van der Waals surface area contributed by atoms with Crippen LogP contribution in [0, 0.1) is 33.5 Å². The molecule has 4 unspecified atom stereocenters. The first-order valence-corrected chi connectivity index (χ1v) is 18.5. The van der Waals surface area contributed by atoms with Gasteiger partial charge in [-0.25, -0.2) is 0 Å². The number of thioether (sulfide) groups is 4. The molecule has 0 aromatic rings. The first-order chi connectivity index (χ1) is 20.5. The third kappa shape index (κ3) is 9.10. The average Bonchev–Trinajstić information content (AvgIpc) is 3.54. The van der Waals surface area contributed by atoms with Crippen molar-refractivity contribution in [2.45, 2.75) is 115 Å². The zero-order chi connectivity index (χ0) is 33.0. The molecule has 2 saturated heterocycles. The van der Waals surface area contributed by atoms with E-state index in [1.807, 2.05) is 69.2 Å². The first-order valence-electron chi connectivity index (χ1n) is 15.0. The van der Waals surface area contributed by atoms with E-state index in [1.54, 1.807) is 0 Å². The monoisotopic (exact) mass is 682 g/mol. The molecule has 0 amide bonds. The van der Waals surface area contributed by atoms with Gasteiger partial charge in [-0.1, -0.05) is 41.5 Å². The molecule has 2 heterocycles. The van der Waals surface area contributed by atoms with Crippen molar-refractivity contribution in [1.29, 1.82) is 10.5 Å². The van der Waals surface area contributed by atoms with Crippen molar-refractivity contribution in [3.05, 3.63) is 19.6 Å². The molecule has 0 radical (unpaired) electrons. The Hall–Kier alpha value is -0.960. The number of carbonyl (C=O) groups excluding carboxylic acids is 2. The van der Waals surface area contributed by atoms with Crippen LogP contribution in [0.3, 0.4) is 0 Å². The molecule has 0 aromatic carbocycles. The Morgan fingerprint density at radius 2 is 0.932 bits per heavy atom. The van der Waals surface area contributed by atoms with Gasteiger partial charge in [-0.15, -0.1) is 47.0 Å². The van der Waals surface area contributed by atoms with Gasteiger partial charge in [0.2, 0.25) is 0 Å². The number of hydrogen-bond donors (Lipinski definition) is 0. The minimum Gasteiger partial charge on any atom is -0.376 e. The molecule has 4 atom stereocenters. The Morgan fingerprint density at radius 1 is 0.636 bits per heavy atom. The van der Waals surface area contributed by atoms with E-state index in [9.17, 15) is 20.1 Å². The van der Waals surface area contributed by atoms with E-state index in [4.69, 9.17) is 18.9 Å². The average molecular weight is 683 g/mol. The van der Waals surface area contributed by atoms with Crippen LogP contribution in [0.2, 0.25) is 0 Å². The van der Waals surface area contributed by atoms with Crippen molar-refractivity contribution in [2.24, 2.45) is 10.8 Å². The number of Topliss-reactive ketones (excluding diaryl/α,β-unsaturated/α-hetero) is 2. The Kier molecular flexibility index (Phi) is 13.4. The van der Waals surface area contributed by atoms with Gasteiger partial charge < -0.3 is 18.9 Å². The summed E-state index contributed by atoms with van der Waals surface area (Å²) < 4.78 is 26.1. The molecule has 1 aliphatic carbocycles. The second kappa shape index (κ2) is 15.8. The van der Waals surface area contributed by atoms with Crippen molar-refractivity contribution in [1.82, 2.24) is 0 Å². The van der Waals surface area contributed by atoms with Crippen LogP contribution in [0.15, 0.2) is 19.6 Å². The lowest BCUT2D eigenvalue weighted by Gasteiger charge is -2.44. The quantitative estimate of drug-likeness (QED) is 0.123. The molecule has 0 bridgehead atoms. The number of ketones is 2. The fourth-order valence-electron chi connectivity index (χ4n) is 4.89. The van der Waals surface area contributed by atoms with Crippen LogP contribution in [0.1, 0.15) is 69.2 Å². The highest BCUT2D eigenvalue weighted by Gasteiger charge is 2.59. The van der Waals surface area contributed by atoms with Crippen LogP contribution in [0.5, 0.6) is 0 Å². The van der Waals surface area contributed by atoms with Crippen molar-refractivity contribution in [2.75, 3.05) is 26.4 Å². The lowest BCUT2D eigenvalue weighted by Crippen LogP contribution is -2.58. The highest BCUT2D eigenvalue weighted by molar-refractivity contribution is 8.27. The third-order valence-corrected chi connectivity index (χ3v) is 13.6. The largest absolute Gasteiger partial charge is 0.376 e. The minimum absolute atomic E-state index is 0.0661. The summed E-state index contributed by atoms with van der Waals surface area (Å²) in [6, 6.07) is 4.40. The van der Waals surface area contributed by atoms with Gasteiger partial charge >= 0.3 is 0 Å². The maximum absolute atomic E-state index is 13.3. The van der Waals surface area contributed by atoms with Crippen molar-refractivity contribution in [3.63, 3.8) is 0 Å². The van der Waals surface area contributed by atoms with Crippen LogP contribution < -0.4 is 0 Å². The smallest absolute Gasteiger partial charge is 0.180 e. The summed E-state index contributed by atoms with van der Waals surface area (Å²) in [6.45, 7) is 20.4. The lowest BCUT2D eigenvalue weighted by molar-refractivity contribution is -0.122. The third-order valence-electron chi connectivity index (χ3n) is 7.05. The highest BCUT2D eigenvalue weighted by Crippen LogP contribution is 2.63. The molecule has 8 nitrogen and oxygen atoms in total. The summed E-state index contributed by atoms with van der Waals surface area (Å²) in [6.07, 6.45) is -0.466. The topological polar surface area (TPSA) is 119 Å². The van der Waals surface area contributed by atoms with E-state index in [2.05, 4.69) is 12.1 Å². The van der Waals surface area contributed by atoms with Gasteiger partial charge in [0.05, 0.1) is 80.3 Å². The second-order valence-corrected chi connectivity index (χ2v) is 18.8. The van der Waals surface area contributed by atoms with Crippen LogP contribution >= 0.6 is 47.0 Å². The molecule has 1 saturated carbocycles. The summed E-state index contributed by atoms with van der Waals surface area (Å²) in [5.74, 6) is -0.375. The number of hydrogen-bond acceptors (Lipinski definition) is 12. The maximum atomic E-state index is 13.3. The summed E-state index contributed by atoms with van der Waals surface area (Å²) in [7, 11) is 0. The van der Waals surface area contributed by atoms with E-state index in [0.29, 0.717) is 34.9 Å². The molecular weight excluding hydrogens is 637 g/mol. The van der Waals surface area contributed by atoms with E-state index in [-0.39, 0.29) is 68.1 Å². The summed E-state index contributed by atoms with van der Waals surface area (Å²) >= 11 is 6.07. The Labute approximate surface area is 280 Å². The number of carbonyl (C=O) groups is 2. The predicted molar refractivity (Wildman–Crippen MR) is 181 cm³/mol. The van der Waals surface area contributed by atoms with E-state index in [1.165, 1.54) is 47.0 Å². The standard InChI is InChI=1S/C32H46N2O6S4/c1-17(2)37-11-13-39-21-23-25(43-29(41-23)19(15-33)27(35)31(5,6)7)22(40-14-12-38-18(3)4)26-24(21)42-30(44-26)20(16-34)28(36)32(8,9)10/h17-18,21-26H,11-14H2,1-10H3. The fourth-order valence-corrected chi connectivity index (χ4v) is 12.2. The van der Waals surface area contributed by atoms with Crippen molar-refractivity contribution >= 4 is 58.6 Å². The lowest BCUT2D eigenvalue weighted by atomic mass is 9.87. The number of nitriles is 2. The Morgan fingerprint density at radius 3 is 1.16 bits per heavy atom. The maximum Gasteiger partial charge on any atom is 0.180 e. The van der Waals surface area contributed by atoms with Crippen LogP contribution in [-0.4, -0.2) is 83.4 Å². The molecule has 0 N–H and O–H groups in total. The first kappa shape index (κ1) is 37.5. The zero-order valence-electron chi connectivity index (χ0n) is 27.4. The number of rotatable bonds is 12. The molecule has 3 aliphatic rings. The number of nitrogens with zero attached hydrogens (tertiary/aromatic N) is 2. The fraction of sp³-hybridized carbons (Fsp3) is 0.750. The summed E-state index contributed by atoms with van der Waals surface area (Å²) in [5.41, 5.74) is -1.04. The highest BCUT2D eigenvalue weighted by atomic mass is 32.2.